The number of halogens is 2. The second-order valence-corrected chi connectivity index (χ2v) is 19.8. The van der Waals surface area contributed by atoms with Gasteiger partial charge in [-0.3, -0.25) is 0 Å². The molecule has 0 bridgehead atoms. The van der Waals surface area contributed by atoms with E-state index < -0.39 is 0 Å². The molecule has 0 atom stereocenters. The van der Waals surface area contributed by atoms with E-state index in [0.717, 1.165) is 0 Å². The molecule has 0 amide bonds. The molecule has 0 unspecified atom stereocenters. The number of rotatable bonds is 2. The SMILES string of the molecule is CC(C)c1cc2c(ccc3ccccc32)[cH-]1.CC(C)c1cc2c(ccc3ccccc32)[cH-]1.C[Si](C)=[Zr+2].[Cl-].[Cl-]. The first-order chi connectivity index (χ1) is 17.2. The minimum absolute atomic E-state index is 0. The molecule has 0 saturated carbocycles. The average molecular weight is 635 g/mol. The van der Waals surface area contributed by atoms with Gasteiger partial charge in [0.05, 0.1) is 0 Å². The zero-order valence-corrected chi connectivity index (χ0v) is 28.1. The summed E-state index contributed by atoms with van der Waals surface area (Å²) in [7, 11) is 0. The Labute approximate surface area is 255 Å². The molecule has 4 heteroatoms. The van der Waals surface area contributed by atoms with Gasteiger partial charge >= 0.3 is 41.9 Å². The van der Waals surface area contributed by atoms with Gasteiger partial charge in [-0.15, -0.1) is 56.9 Å². The minimum atomic E-state index is 0. The van der Waals surface area contributed by atoms with E-state index in [1.807, 2.05) is 0 Å². The zero-order valence-electron chi connectivity index (χ0n) is 23.1. The van der Waals surface area contributed by atoms with Crippen molar-refractivity contribution >= 4 is 48.5 Å². The first-order valence-electron chi connectivity index (χ1n) is 12.9. The van der Waals surface area contributed by atoms with E-state index in [1.165, 1.54) is 54.2 Å². The number of benzene rings is 4. The van der Waals surface area contributed by atoms with Gasteiger partial charge in [-0.25, -0.2) is 0 Å². The Bertz CT molecular complexity index is 1520. The van der Waals surface area contributed by atoms with Crippen LogP contribution in [0.15, 0.2) is 97.1 Å². The van der Waals surface area contributed by atoms with E-state index in [9.17, 15) is 0 Å². The molecular weight excluding hydrogens is 599 g/mol. The van der Waals surface area contributed by atoms with Gasteiger partial charge in [-0.1, -0.05) is 99.1 Å². The van der Waals surface area contributed by atoms with Gasteiger partial charge in [0.25, 0.3) is 0 Å². The monoisotopic (exact) mass is 632 g/mol. The van der Waals surface area contributed by atoms with E-state index in [-0.39, 0.29) is 30.2 Å². The maximum Gasteiger partial charge on any atom is -1.00 e. The van der Waals surface area contributed by atoms with E-state index in [1.54, 1.807) is 23.3 Å². The van der Waals surface area contributed by atoms with E-state index >= 15 is 0 Å². The second kappa shape index (κ2) is 14.6. The first-order valence-corrected chi connectivity index (χ1v) is 19.1. The molecule has 196 valence electrons. The van der Waals surface area contributed by atoms with Crippen molar-refractivity contribution in [3.63, 3.8) is 0 Å². The van der Waals surface area contributed by atoms with Gasteiger partial charge in [0.15, 0.2) is 0 Å². The zero-order chi connectivity index (χ0) is 25.8. The Kier molecular flexibility index (Phi) is 12.5. The van der Waals surface area contributed by atoms with Gasteiger partial charge in [0, 0.05) is 0 Å². The number of hydrogen-bond donors (Lipinski definition) is 0. The maximum absolute atomic E-state index is 2.34. The Morgan fingerprint density at radius 2 is 0.895 bits per heavy atom. The van der Waals surface area contributed by atoms with Gasteiger partial charge in [-0.05, 0) is 22.6 Å². The van der Waals surface area contributed by atoms with Crippen molar-refractivity contribution in [2.24, 2.45) is 0 Å². The molecule has 0 aliphatic heterocycles. The summed E-state index contributed by atoms with van der Waals surface area (Å²) in [4.78, 5) is 0. The fourth-order valence-electron chi connectivity index (χ4n) is 4.64. The summed E-state index contributed by atoms with van der Waals surface area (Å²) in [5.41, 5.74) is 3.08. The Hall–Kier alpha value is -1.70. The topological polar surface area (TPSA) is 0 Å². The Morgan fingerprint density at radius 3 is 1.24 bits per heavy atom. The molecule has 0 radical (unpaired) electrons. The summed E-state index contributed by atoms with van der Waals surface area (Å²) in [6, 6.07) is 35.4. The Balaban J connectivity index is 0.000000224. The van der Waals surface area contributed by atoms with Gasteiger partial charge in [-0.2, -0.15) is 12.1 Å². The van der Waals surface area contributed by atoms with E-state index in [4.69, 9.17) is 0 Å². The van der Waals surface area contributed by atoms with Crippen molar-refractivity contribution in [1.29, 1.82) is 0 Å². The van der Waals surface area contributed by atoms with Crippen molar-refractivity contribution in [3.8, 4) is 0 Å². The third-order valence-electron chi connectivity index (χ3n) is 6.61. The third kappa shape index (κ3) is 7.70. The Morgan fingerprint density at radius 1 is 0.553 bits per heavy atom. The largest absolute Gasteiger partial charge is 1.00 e. The molecule has 6 aromatic rings. The summed E-state index contributed by atoms with van der Waals surface area (Å²) in [5, 5.41) is 10.9. The van der Waals surface area contributed by atoms with Crippen LogP contribution in [0.5, 0.6) is 0 Å². The van der Waals surface area contributed by atoms with Crippen LogP contribution < -0.4 is 24.8 Å². The molecule has 6 rings (SSSR count). The molecule has 38 heavy (non-hydrogen) atoms. The molecule has 0 aliphatic rings. The molecule has 0 N–H and O–H groups in total. The van der Waals surface area contributed by atoms with Crippen molar-refractivity contribution in [2.75, 3.05) is 0 Å². The maximum atomic E-state index is 2.34. The predicted molar refractivity (Wildman–Crippen MR) is 160 cm³/mol. The van der Waals surface area contributed by atoms with Gasteiger partial charge < -0.3 is 24.8 Å². The molecule has 0 nitrogen and oxygen atoms in total. The average Bonchev–Trinajstić information content (AvgIpc) is 3.49. The molecule has 0 heterocycles. The summed E-state index contributed by atoms with van der Waals surface area (Å²) in [5.74, 6) is 1.21. The summed E-state index contributed by atoms with van der Waals surface area (Å²) >= 11 is 1.74. The predicted octanol–water partition coefficient (Wildman–Crippen LogP) is 4.46. The van der Waals surface area contributed by atoms with Crippen LogP contribution in [-0.4, -0.2) is 5.43 Å². The van der Waals surface area contributed by atoms with Crippen LogP contribution in [0.4, 0.5) is 0 Å². The summed E-state index contributed by atoms with van der Waals surface area (Å²) in [6.07, 6.45) is 0. The van der Waals surface area contributed by atoms with Crippen molar-refractivity contribution in [2.45, 2.75) is 52.6 Å². The van der Waals surface area contributed by atoms with Crippen molar-refractivity contribution in [3.05, 3.63) is 108 Å². The fraction of sp³-hybridized carbons (Fsp3) is 0.235. The van der Waals surface area contributed by atoms with Crippen LogP contribution >= 0.6 is 0 Å². The van der Waals surface area contributed by atoms with Gasteiger partial charge in [0.1, 0.15) is 0 Å². The van der Waals surface area contributed by atoms with Crippen LogP contribution in [0, 0.1) is 0 Å². The molecule has 0 fully saturated rings. The molecular formula is C34H36Cl2SiZr-2. The normalized spacial score (nSPS) is 10.6. The van der Waals surface area contributed by atoms with Crippen molar-refractivity contribution in [1.82, 2.24) is 0 Å². The van der Waals surface area contributed by atoms with E-state index in [0.29, 0.717) is 11.8 Å². The second-order valence-electron chi connectivity index (χ2n) is 10.5. The minimum Gasteiger partial charge on any atom is -1.00 e. The molecule has 0 aromatic heterocycles. The number of fused-ring (bicyclic) bond motifs is 6. The first kappa shape index (κ1) is 32.5. The molecule has 0 saturated heterocycles. The van der Waals surface area contributed by atoms with E-state index in [2.05, 4.69) is 138 Å². The summed E-state index contributed by atoms with van der Waals surface area (Å²) < 4.78 is 0. The van der Waals surface area contributed by atoms with Crippen LogP contribution in [0.1, 0.15) is 50.7 Å². The molecule has 0 aliphatic carbocycles. The van der Waals surface area contributed by atoms with Crippen LogP contribution in [-0.2, 0) is 23.3 Å². The van der Waals surface area contributed by atoms with Crippen LogP contribution in [0.2, 0.25) is 13.1 Å². The van der Waals surface area contributed by atoms with Crippen molar-refractivity contribution < 1.29 is 48.1 Å². The third-order valence-corrected chi connectivity index (χ3v) is 6.61. The smallest absolute Gasteiger partial charge is 1.00 e. The van der Waals surface area contributed by atoms with Gasteiger partial charge in [0.2, 0.25) is 0 Å². The molecule has 0 spiro atoms. The van der Waals surface area contributed by atoms with Crippen LogP contribution in [0.3, 0.4) is 0 Å². The van der Waals surface area contributed by atoms with Crippen LogP contribution in [0.25, 0.3) is 43.1 Å². The molecule has 6 aromatic carbocycles. The standard InChI is InChI=1S/2C16H15.C2H6Si.2ClH.Zr/c2*1-11(2)14-9-13-8-7-12-5-3-4-6-15(12)16(13)10-14;1-3-2;;;/h2*3-11H,1-2H3;1-2H3;2*1H;/q2*-1;;;;+2/p-2. The number of hydrogen-bond acceptors (Lipinski definition) is 0. The summed E-state index contributed by atoms with van der Waals surface area (Å²) in [6.45, 7) is 13.6. The fourth-order valence-corrected chi connectivity index (χ4v) is 4.64. The quantitative estimate of drug-likeness (QED) is 0.195.